The minimum atomic E-state index is -0.944. The molecule has 2 aromatic carbocycles. The van der Waals surface area contributed by atoms with E-state index in [-0.39, 0.29) is 24.4 Å². The maximum Gasteiger partial charge on any atom is 0.325 e. The highest BCUT2D eigenvalue weighted by Crippen LogP contribution is 2.19. The lowest BCUT2D eigenvalue weighted by molar-refractivity contribution is -0.140. The summed E-state index contributed by atoms with van der Waals surface area (Å²) in [6, 6.07) is 10.5. The average Bonchev–Trinajstić information content (AvgIpc) is 2.74. The van der Waals surface area contributed by atoms with Crippen LogP contribution in [0.4, 0.5) is 14.5 Å². The Morgan fingerprint density at radius 3 is 2.23 bits per heavy atom. The number of halogens is 2. The molecule has 0 saturated carbocycles. The van der Waals surface area contributed by atoms with Gasteiger partial charge in [-0.15, -0.1) is 0 Å². The van der Waals surface area contributed by atoms with Crippen molar-refractivity contribution in [3.05, 3.63) is 65.7 Å². The molecule has 0 unspecified atom stereocenters. The van der Waals surface area contributed by atoms with Gasteiger partial charge in [-0.1, -0.05) is 38.5 Å². The van der Waals surface area contributed by atoms with E-state index in [0.717, 1.165) is 18.2 Å². The normalized spacial score (nSPS) is 12.5. The summed E-state index contributed by atoms with van der Waals surface area (Å²) >= 11 is 0. The van der Waals surface area contributed by atoms with E-state index in [1.54, 1.807) is 37.3 Å². The lowest BCUT2D eigenvalue weighted by Crippen LogP contribution is -2.53. The van der Waals surface area contributed by atoms with Gasteiger partial charge in [0.1, 0.15) is 24.2 Å². The van der Waals surface area contributed by atoms with Crippen molar-refractivity contribution in [3.8, 4) is 0 Å². The van der Waals surface area contributed by atoms with Gasteiger partial charge in [0, 0.05) is 11.8 Å². The third-order valence-corrected chi connectivity index (χ3v) is 4.93. The quantitative estimate of drug-likeness (QED) is 0.618. The van der Waals surface area contributed by atoms with Crippen molar-refractivity contribution in [2.45, 2.75) is 32.7 Å². The maximum absolute atomic E-state index is 13.4. The first kappa shape index (κ1) is 24.0. The standard InChI is InChI=1S/C23H26F2N2O4/c1-4-15(2)22(26-20(28)12-16-10-17(24)13-18(25)11-16)23(30)27(14-21(29)31-3)19-8-6-5-7-9-19/h5-11,13,15,22H,4,12,14H2,1-3H3,(H,26,28)/t15-,22-/m0/s1. The van der Waals surface area contributed by atoms with E-state index in [0.29, 0.717) is 12.1 Å². The number of ether oxygens (including phenoxy) is 1. The first-order valence-electron chi connectivity index (χ1n) is 9.92. The second kappa shape index (κ2) is 11.2. The van der Waals surface area contributed by atoms with Crippen molar-refractivity contribution in [2.75, 3.05) is 18.6 Å². The fourth-order valence-corrected chi connectivity index (χ4v) is 3.07. The van der Waals surface area contributed by atoms with Crippen molar-refractivity contribution in [2.24, 2.45) is 5.92 Å². The van der Waals surface area contributed by atoms with Gasteiger partial charge in [0.05, 0.1) is 13.5 Å². The van der Waals surface area contributed by atoms with Crippen molar-refractivity contribution >= 4 is 23.5 Å². The molecule has 0 aliphatic rings. The number of carbonyl (C=O) groups is 3. The van der Waals surface area contributed by atoms with Gasteiger partial charge in [-0.25, -0.2) is 8.78 Å². The number of hydrogen-bond acceptors (Lipinski definition) is 4. The molecule has 0 spiro atoms. The van der Waals surface area contributed by atoms with Gasteiger partial charge in [0.25, 0.3) is 0 Å². The largest absolute Gasteiger partial charge is 0.468 e. The molecule has 0 fully saturated rings. The van der Waals surface area contributed by atoms with Gasteiger partial charge in [0.2, 0.25) is 11.8 Å². The minimum absolute atomic E-state index is 0.153. The van der Waals surface area contributed by atoms with Gasteiger partial charge >= 0.3 is 5.97 Å². The number of carbonyl (C=O) groups excluding carboxylic acids is 3. The van der Waals surface area contributed by atoms with E-state index < -0.39 is 35.5 Å². The molecule has 0 saturated heterocycles. The van der Waals surface area contributed by atoms with Gasteiger partial charge in [0.15, 0.2) is 0 Å². The summed E-state index contributed by atoms with van der Waals surface area (Å²) < 4.78 is 31.6. The maximum atomic E-state index is 13.4. The summed E-state index contributed by atoms with van der Waals surface area (Å²) in [7, 11) is 1.22. The number of methoxy groups -OCH3 is 1. The molecular weight excluding hydrogens is 406 g/mol. The molecule has 0 aliphatic carbocycles. The Labute approximate surface area is 180 Å². The second-order valence-corrected chi connectivity index (χ2v) is 7.22. The molecular formula is C23H26F2N2O4. The Balaban J connectivity index is 2.26. The van der Waals surface area contributed by atoms with Crippen LogP contribution in [0.5, 0.6) is 0 Å². The lowest BCUT2D eigenvalue weighted by Gasteiger charge is -2.30. The van der Waals surface area contributed by atoms with Crippen molar-refractivity contribution < 1.29 is 27.9 Å². The first-order chi connectivity index (χ1) is 14.7. The zero-order valence-corrected chi connectivity index (χ0v) is 17.7. The molecule has 166 valence electrons. The van der Waals surface area contributed by atoms with Crippen molar-refractivity contribution in [3.63, 3.8) is 0 Å². The SMILES string of the molecule is CC[C@H](C)[C@H](NC(=O)Cc1cc(F)cc(F)c1)C(=O)N(CC(=O)OC)c1ccccc1. The number of benzene rings is 2. The molecule has 2 atom stereocenters. The van der Waals surface area contributed by atoms with Crippen LogP contribution in [0.1, 0.15) is 25.8 Å². The Morgan fingerprint density at radius 2 is 1.68 bits per heavy atom. The Morgan fingerprint density at radius 1 is 1.06 bits per heavy atom. The number of nitrogens with one attached hydrogen (secondary N) is 1. The third kappa shape index (κ3) is 6.87. The Hall–Kier alpha value is -3.29. The van der Waals surface area contributed by atoms with E-state index >= 15 is 0 Å². The van der Waals surface area contributed by atoms with E-state index in [2.05, 4.69) is 5.32 Å². The third-order valence-electron chi connectivity index (χ3n) is 4.93. The highest BCUT2D eigenvalue weighted by Gasteiger charge is 2.32. The van der Waals surface area contributed by atoms with Crippen LogP contribution in [0.3, 0.4) is 0 Å². The summed E-state index contributed by atoms with van der Waals surface area (Å²) in [6.07, 6.45) is 0.281. The summed E-state index contributed by atoms with van der Waals surface area (Å²) in [5.41, 5.74) is 0.632. The van der Waals surface area contributed by atoms with Crippen LogP contribution < -0.4 is 10.2 Å². The summed E-state index contributed by atoms with van der Waals surface area (Å²) in [5, 5.41) is 2.67. The molecule has 31 heavy (non-hydrogen) atoms. The van der Waals surface area contributed by atoms with Gasteiger partial charge in [-0.2, -0.15) is 0 Å². The second-order valence-electron chi connectivity index (χ2n) is 7.22. The lowest BCUT2D eigenvalue weighted by atomic mass is 9.97. The fourth-order valence-electron chi connectivity index (χ4n) is 3.07. The summed E-state index contributed by atoms with van der Waals surface area (Å²) in [5.74, 6) is -3.48. The van der Waals surface area contributed by atoms with Gasteiger partial charge in [-0.3, -0.25) is 19.3 Å². The Kier molecular flexibility index (Phi) is 8.66. The number of rotatable bonds is 9. The molecule has 0 bridgehead atoms. The highest BCUT2D eigenvalue weighted by molar-refractivity contribution is 6.02. The number of anilines is 1. The van der Waals surface area contributed by atoms with Crippen LogP contribution in [0.15, 0.2) is 48.5 Å². The monoisotopic (exact) mass is 432 g/mol. The van der Waals surface area contributed by atoms with E-state index in [9.17, 15) is 23.2 Å². The van der Waals surface area contributed by atoms with Crippen molar-refractivity contribution in [1.29, 1.82) is 0 Å². The van der Waals surface area contributed by atoms with Crippen LogP contribution in [0, 0.1) is 17.6 Å². The van der Waals surface area contributed by atoms with E-state index in [1.165, 1.54) is 12.0 Å². The molecule has 2 amide bonds. The molecule has 8 heteroatoms. The molecule has 0 aliphatic heterocycles. The molecule has 0 aromatic heterocycles. The van der Waals surface area contributed by atoms with E-state index in [4.69, 9.17) is 4.74 Å². The zero-order valence-electron chi connectivity index (χ0n) is 17.7. The molecule has 2 rings (SSSR count). The van der Waals surface area contributed by atoms with Crippen LogP contribution in [-0.2, 0) is 25.5 Å². The first-order valence-corrected chi connectivity index (χ1v) is 9.92. The number of amides is 2. The smallest absolute Gasteiger partial charge is 0.325 e. The molecule has 1 N–H and O–H groups in total. The summed E-state index contributed by atoms with van der Waals surface area (Å²) in [6.45, 7) is 3.34. The number of nitrogens with zero attached hydrogens (tertiary/aromatic N) is 1. The van der Waals surface area contributed by atoms with E-state index in [1.807, 2.05) is 6.92 Å². The average molecular weight is 432 g/mol. The predicted molar refractivity (Wildman–Crippen MR) is 112 cm³/mol. The van der Waals surface area contributed by atoms with Crippen LogP contribution in [0.2, 0.25) is 0 Å². The Bertz CT molecular complexity index is 901. The number of hydrogen-bond donors (Lipinski definition) is 1. The predicted octanol–water partition coefficient (Wildman–Crippen LogP) is 3.24. The van der Waals surface area contributed by atoms with Crippen molar-refractivity contribution in [1.82, 2.24) is 5.32 Å². The minimum Gasteiger partial charge on any atom is -0.468 e. The van der Waals surface area contributed by atoms with Crippen LogP contribution in [-0.4, -0.2) is 37.5 Å². The topological polar surface area (TPSA) is 75.7 Å². The molecule has 0 heterocycles. The van der Waals surface area contributed by atoms with Gasteiger partial charge in [-0.05, 0) is 35.7 Å². The summed E-state index contributed by atoms with van der Waals surface area (Å²) in [4.78, 5) is 39.1. The van der Waals surface area contributed by atoms with Crippen LogP contribution in [0.25, 0.3) is 0 Å². The van der Waals surface area contributed by atoms with Gasteiger partial charge < -0.3 is 10.1 Å². The molecule has 6 nitrogen and oxygen atoms in total. The zero-order chi connectivity index (χ0) is 23.0. The molecule has 2 aromatic rings. The highest BCUT2D eigenvalue weighted by atomic mass is 19.1. The molecule has 0 radical (unpaired) electrons. The number of esters is 1. The fraction of sp³-hybridized carbons (Fsp3) is 0.348. The number of para-hydroxylation sites is 1. The van der Waals surface area contributed by atoms with Crippen LogP contribution >= 0.6 is 0 Å².